The summed E-state index contributed by atoms with van der Waals surface area (Å²) in [5, 5.41) is 7.77. The Morgan fingerprint density at radius 1 is 1.18 bits per heavy atom. The van der Waals surface area contributed by atoms with Crippen LogP contribution in [0.2, 0.25) is 0 Å². The van der Waals surface area contributed by atoms with Crippen molar-refractivity contribution in [2.75, 3.05) is 5.75 Å². The molecule has 0 bridgehead atoms. The Morgan fingerprint density at radius 2 is 1.91 bits per heavy atom. The van der Waals surface area contributed by atoms with Crippen LogP contribution in [-0.2, 0) is 22.6 Å². The van der Waals surface area contributed by atoms with Gasteiger partial charge in [-0.15, -0.1) is 10.2 Å². The normalized spacial score (nSPS) is 13.3. The lowest BCUT2D eigenvalue weighted by atomic mass is 9.87. The molecule has 0 aliphatic rings. The van der Waals surface area contributed by atoms with Gasteiger partial charge in [0.1, 0.15) is 0 Å². The third-order valence-corrected chi connectivity index (χ3v) is 5.18. The first-order valence-corrected chi connectivity index (χ1v) is 8.88. The van der Waals surface area contributed by atoms with Crippen molar-refractivity contribution in [3.8, 4) is 0 Å². The molecule has 22 heavy (non-hydrogen) atoms. The van der Waals surface area contributed by atoms with E-state index in [0.29, 0.717) is 24.0 Å². The van der Waals surface area contributed by atoms with Gasteiger partial charge in [-0.1, -0.05) is 32.9 Å². The number of hydrogen-bond donors (Lipinski definition) is 0. The van der Waals surface area contributed by atoms with Gasteiger partial charge in [0, 0.05) is 24.0 Å². The highest BCUT2D eigenvalue weighted by Gasteiger charge is 2.17. The third-order valence-electron chi connectivity index (χ3n) is 3.59. The van der Waals surface area contributed by atoms with Gasteiger partial charge in [0.05, 0.1) is 10.8 Å². The molecule has 1 unspecified atom stereocenters. The molecular weight excluding hydrogens is 296 g/mol. The second-order valence-corrected chi connectivity index (χ2v) is 8.14. The molecule has 0 amide bonds. The van der Waals surface area contributed by atoms with Crippen LogP contribution in [0.3, 0.4) is 0 Å². The average molecular weight is 320 g/mol. The van der Waals surface area contributed by atoms with Crippen LogP contribution in [0.25, 0.3) is 0 Å². The minimum Gasteiger partial charge on any atom is -0.426 e. The van der Waals surface area contributed by atoms with Gasteiger partial charge in [-0.05, 0) is 36.0 Å². The maximum atomic E-state index is 12.6. The maximum Gasteiger partial charge on any atom is 0.216 e. The molecule has 0 saturated carbocycles. The lowest BCUT2D eigenvalue weighted by Gasteiger charge is -2.20. The monoisotopic (exact) mass is 320 g/mol. The molecule has 2 rings (SSSR count). The Morgan fingerprint density at radius 3 is 2.50 bits per heavy atom. The SMILES string of the molecule is Cc1nnc(CCCS(=O)c2cc(C(C)(C)C)ccc2C)o1. The summed E-state index contributed by atoms with van der Waals surface area (Å²) in [5.41, 5.74) is 2.36. The molecule has 5 heteroatoms. The van der Waals surface area contributed by atoms with Crippen molar-refractivity contribution >= 4 is 10.8 Å². The first kappa shape index (κ1) is 16.9. The summed E-state index contributed by atoms with van der Waals surface area (Å²) in [4.78, 5) is 0.939. The zero-order chi connectivity index (χ0) is 16.3. The minimum atomic E-state index is -0.997. The molecule has 120 valence electrons. The molecule has 1 aromatic carbocycles. The van der Waals surface area contributed by atoms with Crippen LogP contribution in [-0.4, -0.2) is 20.2 Å². The van der Waals surface area contributed by atoms with E-state index in [2.05, 4.69) is 49.2 Å². The Kier molecular flexibility index (Phi) is 5.16. The van der Waals surface area contributed by atoms with Gasteiger partial charge in [-0.25, -0.2) is 0 Å². The van der Waals surface area contributed by atoms with Crippen molar-refractivity contribution in [1.29, 1.82) is 0 Å². The largest absolute Gasteiger partial charge is 0.426 e. The van der Waals surface area contributed by atoms with Gasteiger partial charge in [-0.3, -0.25) is 4.21 Å². The van der Waals surface area contributed by atoms with Crippen molar-refractivity contribution in [3.05, 3.63) is 41.1 Å². The van der Waals surface area contributed by atoms with E-state index in [1.165, 1.54) is 5.56 Å². The quantitative estimate of drug-likeness (QED) is 0.842. The van der Waals surface area contributed by atoms with Gasteiger partial charge < -0.3 is 4.42 Å². The molecule has 0 aliphatic heterocycles. The summed E-state index contributed by atoms with van der Waals surface area (Å²) >= 11 is 0. The molecule has 1 aromatic heterocycles. The van der Waals surface area contributed by atoms with Gasteiger partial charge in [0.25, 0.3) is 0 Å². The Labute approximate surface area is 134 Å². The standard InChI is InChI=1S/C17H24N2O2S/c1-12-8-9-14(17(3,4)5)11-15(12)22(20)10-6-7-16-19-18-13(2)21-16/h8-9,11H,6-7,10H2,1-5H3. The van der Waals surface area contributed by atoms with Gasteiger partial charge in [0.2, 0.25) is 11.8 Å². The van der Waals surface area contributed by atoms with Gasteiger partial charge in [0.15, 0.2) is 0 Å². The predicted molar refractivity (Wildman–Crippen MR) is 88.5 cm³/mol. The fraction of sp³-hybridized carbons (Fsp3) is 0.529. The topological polar surface area (TPSA) is 56.0 Å². The van der Waals surface area contributed by atoms with E-state index in [1.807, 2.05) is 6.92 Å². The van der Waals surface area contributed by atoms with Crippen LogP contribution >= 0.6 is 0 Å². The minimum absolute atomic E-state index is 0.0634. The van der Waals surface area contributed by atoms with Crippen molar-refractivity contribution in [1.82, 2.24) is 10.2 Å². The van der Waals surface area contributed by atoms with E-state index < -0.39 is 10.8 Å². The predicted octanol–water partition coefficient (Wildman–Crippen LogP) is 3.72. The maximum absolute atomic E-state index is 12.6. The fourth-order valence-electron chi connectivity index (χ4n) is 2.21. The summed E-state index contributed by atoms with van der Waals surface area (Å²) in [6.07, 6.45) is 1.44. The molecule has 0 radical (unpaired) electrons. The summed E-state index contributed by atoms with van der Waals surface area (Å²) in [6.45, 7) is 10.3. The highest BCUT2D eigenvalue weighted by molar-refractivity contribution is 7.85. The van der Waals surface area contributed by atoms with Crippen LogP contribution in [0.1, 0.15) is 50.1 Å². The molecule has 1 heterocycles. The summed E-state index contributed by atoms with van der Waals surface area (Å²) in [6, 6.07) is 6.27. The lowest BCUT2D eigenvalue weighted by molar-refractivity contribution is 0.465. The average Bonchev–Trinajstić information content (AvgIpc) is 2.83. The summed E-state index contributed by atoms with van der Waals surface area (Å²) < 4.78 is 17.9. The molecule has 0 saturated heterocycles. The van der Waals surface area contributed by atoms with Crippen molar-refractivity contribution in [2.45, 2.75) is 57.8 Å². The zero-order valence-electron chi connectivity index (χ0n) is 14.0. The molecule has 0 N–H and O–H groups in total. The second kappa shape index (κ2) is 6.73. The number of aryl methyl sites for hydroxylation is 3. The number of aromatic nitrogens is 2. The van der Waals surface area contributed by atoms with Crippen molar-refractivity contribution in [3.63, 3.8) is 0 Å². The molecule has 1 atom stereocenters. The van der Waals surface area contributed by atoms with E-state index in [4.69, 9.17) is 4.42 Å². The van der Waals surface area contributed by atoms with E-state index >= 15 is 0 Å². The van der Waals surface area contributed by atoms with E-state index in [1.54, 1.807) is 6.92 Å². The molecule has 4 nitrogen and oxygen atoms in total. The second-order valence-electron chi connectivity index (χ2n) is 6.60. The van der Waals surface area contributed by atoms with Crippen molar-refractivity contribution < 1.29 is 8.63 Å². The number of hydrogen-bond acceptors (Lipinski definition) is 4. The molecule has 0 spiro atoms. The van der Waals surface area contributed by atoms with Crippen LogP contribution in [0.5, 0.6) is 0 Å². The van der Waals surface area contributed by atoms with Crippen LogP contribution in [0, 0.1) is 13.8 Å². The van der Waals surface area contributed by atoms with Crippen LogP contribution in [0.15, 0.2) is 27.5 Å². The Balaban J connectivity index is 2.02. The third kappa shape index (κ3) is 4.26. The van der Waals surface area contributed by atoms with Gasteiger partial charge in [-0.2, -0.15) is 0 Å². The number of benzene rings is 1. The summed E-state index contributed by atoms with van der Waals surface area (Å²) in [5.74, 6) is 1.80. The molecule has 0 aliphatic carbocycles. The van der Waals surface area contributed by atoms with Gasteiger partial charge >= 0.3 is 0 Å². The first-order chi connectivity index (χ1) is 10.3. The first-order valence-electron chi connectivity index (χ1n) is 7.56. The lowest BCUT2D eigenvalue weighted by Crippen LogP contribution is -2.12. The molecule has 0 fully saturated rings. The van der Waals surface area contributed by atoms with Crippen LogP contribution < -0.4 is 0 Å². The Bertz CT molecular complexity index is 672. The Hall–Kier alpha value is -1.49. The highest BCUT2D eigenvalue weighted by Crippen LogP contribution is 2.26. The fourth-order valence-corrected chi connectivity index (χ4v) is 3.53. The smallest absolute Gasteiger partial charge is 0.216 e. The number of nitrogens with zero attached hydrogens (tertiary/aromatic N) is 2. The summed E-state index contributed by atoms with van der Waals surface area (Å²) in [7, 11) is -0.997. The van der Waals surface area contributed by atoms with Crippen LogP contribution in [0.4, 0.5) is 0 Å². The molecule has 2 aromatic rings. The highest BCUT2D eigenvalue weighted by atomic mass is 32.2. The van der Waals surface area contributed by atoms with E-state index in [-0.39, 0.29) is 5.41 Å². The zero-order valence-corrected chi connectivity index (χ0v) is 14.8. The van der Waals surface area contributed by atoms with E-state index in [9.17, 15) is 4.21 Å². The number of rotatable bonds is 5. The molecular formula is C17H24N2O2S. The van der Waals surface area contributed by atoms with E-state index in [0.717, 1.165) is 16.9 Å². The van der Waals surface area contributed by atoms with Crippen molar-refractivity contribution in [2.24, 2.45) is 0 Å².